The van der Waals surface area contributed by atoms with Crippen LogP contribution in [0.25, 0.3) is 33.3 Å². The fraction of sp³-hybridized carbons (Fsp3) is 0.400. The first-order valence-electron chi connectivity index (χ1n) is 11.9. The molecular formula is C25H26F4N8O. The van der Waals surface area contributed by atoms with Gasteiger partial charge in [0.25, 0.3) is 0 Å². The summed E-state index contributed by atoms with van der Waals surface area (Å²) < 4.78 is 60.3. The van der Waals surface area contributed by atoms with E-state index in [1.807, 2.05) is 0 Å². The largest absolute Gasteiger partial charge is 0.389 e. The van der Waals surface area contributed by atoms with Crippen LogP contribution in [0, 0.1) is 12.7 Å². The monoisotopic (exact) mass is 530 g/mol. The van der Waals surface area contributed by atoms with Crippen molar-refractivity contribution in [2.45, 2.75) is 51.4 Å². The lowest BCUT2D eigenvalue weighted by Crippen LogP contribution is -2.21. The molecule has 0 aliphatic rings. The quantitative estimate of drug-likeness (QED) is 0.319. The van der Waals surface area contributed by atoms with Crippen LogP contribution in [0.2, 0.25) is 0 Å². The van der Waals surface area contributed by atoms with Crippen molar-refractivity contribution in [2.75, 3.05) is 0 Å². The molecule has 5 aromatic rings. The third-order valence-corrected chi connectivity index (χ3v) is 6.58. The summed E-state index contributed by atoms with van der Waals surface area (Å²) in [5.41, 5.74) is 2.28. The van der Waals surface area contributed by atoms with E-state index in [4.69, 9.17) is 0 Å². The predicted molar refractivity (Wildman–Crippen MR) is 132 cm³/mol. The van der Waals surface area contributed by atoms with Gasteiger partial charge in [0, 0.05) is 38.5 Å². The average Bonchev–Trinajstić information content (AvgIpc) is 3.45. The van der Waals surface area contributed by atoms with Gasteiger partial charge in [-0.25, -0.2) is 9.07 Å². The fourth-order valence-electron chi connectivity index (χ4n) is 5.00. The standard InChI is InChI=1S/C25H26F4N8O/c1-13-20(36(5)34-32-13)14-11-17-19(31-12-14)21-22(23(24(2,3)38)33-35(21)4)37(17)16(8-9-25(27,28)29)18-15(26)7-6-10-30-18/h6-7,10-12,16,38H,8-9H2,1-5H3. The second-order valence-electron chi connectivity index (χ2n) is 9.88. The first-order valence-corrected chi connectivity index (χ1v) is 11.9. The molecular weight excluding hydrogens is 504 g/mol. The van der Waals surface area contributed by atoms with Gasteiger partial charge in [0.15, 0.2) is 0 Å². The molecule has 1 N–H and O–H groups in total. The number of aliphatic hydroxyl groups is 1. The van der Waals surface area contributed by atoms with Crippen LogP contribution >= 0.6 is 0 Å². The molecule has 0 bridgehead atoms. The maximum absolute atomic E-state index is 15.1. The molecule has 1 unspecified atom stereocenters. The molecule has 0 aliphatic carbocycles. The number of hydrogen-bond donors (Lipinski definition) is 1. The highest BCUT2D eigenvalue weighted by molar-refractivity contribution is 6.06. The molecule has 0 aliphatic heterocycles. The molecule has 5 heterocycles. The minimum atomic E-state index is -4.49. The Bertz CT molecular complexity index is 1640. The zero-order valence-corrected chi connectivity index (χ0v) is 21.4. The molecule has 0 radical (unpaired) electrons. The zero-order valence-electron chi connectivity index (χ0n) is 21.4. The van der Waals surface area contributed by atoms with E-state index in [0.717, 1.165) is 0 Å². The lowest BCUT2D eigenvalue weighted by molar-refractivity contribution is -0.136. The van der Waals surface area contributed by atoms with Gasteiger partial charge in [-0.05, 0) is 45.4 Å². The van der Waals surface area contributed by atoms with Gasteiger partial charge in [-0.15, -0.1) is 5.10 Å². The van der Waals surface area contributed by atoms with Crippen molar-refractivity contribution in [1.29, 1.82) is 0 Å². The molecule has 5 aromatic heterocycles. The van der Waals surface area contributed by atoms with Crippen LogP contribution in [0.1, 0.15) is 49.8 Å². The van der Waals surface area contributed by atoms with Crippen molar-refractivity contribution in [3.05, 3.63) is 53.5 Å². The van der Waals surface area contributed by atoms with E-state index in [1.165, 1.54) is 36.9 Å². The zero-order chi connectivity index (χ0) is 27.6. The van der Waals surface area contributed by atoms with Gasteiger partial charge in [-0.3, -0.25) is 14.6 Å². The van der Waals surface area contributed by atoms with Crippen LogP contribution in [0.15, 0.2) is 30.6 Å². The van der Waals surface area contributed by atoms with E-state index >= 15 is 4.39 Å². The summed E-state index contributed by atoms with van der Waals surface area (Å²) in [4.78, 5) is 8.81. The Kier molecular flexibility index (Phi) is 6.01. The number of alkyl halides is 3. The number of hydrogen-bond acceptors (Lipinski definition) is 6. The van der Waals surface area contributed by atoms with E-state index < -0.39 is 36.5 Å². The Morgan fingerprint density at radius 3 is 2.42 bits per heavy atom. The summed E-state index contributed by atoms with van der Waals surface area (Å²) in [5, 5.41) is 23.6. The van der Waals surface area contributed by atoms with Crippen molar-refractivity contribution in [1.82, 2.24) is 39.3 Å². The summed E-state index contributed by atoms with van der Waals surface area (Å²) >= 11 is 0. The Labute approximate surface area is 214 Å². The minimum absolute atomic E-state index is 0.148. The normalized spacial score (nSPS) is 13.6. The SMILES string of the molecule is Cc1nnn(C)c1-c1cnc2c3c(c(C(C)(C)O)nn3C)n(C(CCC(F)(F)F)c3ncccc3F)c2c1. The fourth-order valence-corrected chi connectivity index (χ4v) is 5.00. The Morgan fingerprint density at radius 1 is 1.08 bits per heavy atom. The second kappa shape index (κ2) is 8.86. The van der Waals surface area contributed by atoms with E-state index in [9.17, 15) is 18.3 Å². The molecule has 200 valence electrons. The van der Waals surface area contributed by atoms with Gasteiger partial charge >= 0.3 is 6.18 Å². The predicted octanol–water partition coefficient (Wildman–Crippen LogP) is 4.72. The maximum atomic E-state index is 15.1. The summed E-state index contributed by atoms with van der Waals surface area (Å²) in [6, 6.07) is 3.14. The topological polar surface area (TPSA) is 99.5 Å². The third kappa shape index (κ3) is 4.30. The van der Waals surface area contributed by atoms with Gasteiger partial charge in [0.2, 0.25) is 0 Å². The Hall–Kier alpha value is -3.87. The van der Waals surface area contributed by atoms with Crippen LogP contribution in [0.4, 0.5) is 17.6 Å². The first-order chi connectivity index (χ1) is 17.8. The highest BCUT2D eigenvalue weighted by Gasteiger charge is 2.36. The van der Waals surface area contributed by atoms with Crippen LogP contribution in [0.3, 0.4) is 0 Å². The van der Waals surface area contributed by atoms with Crippen molar-refractivity contribution in [2.24, 2.45) is 14.1 Å². The van der Waals surface area contributed by atoms with Crippen LogP contribution in [-0.2, 0) is 19.7 Å². The maximum Gasteiger partial charge on any atom is 0.389 e. The number of nitrogens with zero attached hydrogens (tertiary/aromatic N) is 8. The molecule has 0 saturated carbocycles. The number of aryl methyl sites for hydroxylation is 3. The smallest absolute Gasteiger partial charge is 0.384 e. The number of fused-ring (bicyclic) bond motifs is 3. The molecule has 0 spiro atoms. The lowest BCUT2D eigenvalue weighted by Gasteiger charge is -2.24. The molecule has 0 saturated heterocycles. The molecule has 13 heteroatoms. The van der Waals surface area contributed by atoms with Crippen molar-refractivity contribution in [3.63, 3.8) is 0 Å². The lowest BCUT2D eigenvalue weighted by atomic mass is 10.0. The van der Waals surface area contributed by atoms with E-state index in [0.29, 0.717) is 39.0 Å². The second-order valence-corrected chi connectivity index (χ2v) is 9.88. The molecule has 0 amide bonds. The van der Waals surface area contributed by atoms with Gasteiger partial charge < -0.3 is 9.67 Å². The van der Waals surface area contributed by atoms with Gasteiger partial charge in [0.1, 0.15) is 28.1 Å². The summed E-state index contributed by atoms with van der Waals surface area (Å²) in [7, 11) is 3.39. The number of halogens is 4. The Morgan fingerprint density at radius 2 is 1.82 bits per heavy atom. The van der Waals surface area contributed by atoms with Gasteiger partial charge in [0.05, 0.1) is 34.2 Å². The van der Waals surface area contributed by atoms with Gasteiger partial charge in [-0.2, -0.15) is 18.3 Å². The molecule has 1 atom stereocenters. The van der Waals surface area contributed by atoms with E-state index in [1.54, 1.807) is 42.5 Å². The van der Waals surface area contributed by atoms with E-state index in [-0.39, 0.29) is 11.4 Å². The highest BCUT2D eigenvalue weighted by atomic mass is 19.4. The van der Waals surface area contributed by atoms with Crippen molar-refractivity contribution in [3.8, 4) is 11.3 Å². The summed E-state index contributed by atoms with van der Waals surface area (Å²) in [6.07, 6.45) is -3.19. The minimum Gasteiger partial charge on any atom is -0.384 e. The highest BCUT2D eigenvalue weighted by Crippen LogP contribution is 2.41. The van der Waals surface area contributed by atoms with Crippen LogP contribution in [-0.4, -0.2) is 50.6 Å². The third-order valence-electron chi connectivity index (χ3n) is 6.58. The molecule has 0 fully saturated rings. The van der Waals surface area contributed by atoms with Crippen LogP contribution in [0.5, 0.6) is 0 Å². The molecule has 9 nitrogen and oxygen atoms in total. The Balaban J connectivity index is 1.91. The summed E-state index contributed by atoms with van der Waals surface area (Å²) in [6.45, 7) is 4.85. The molecule has 38 heavy (non-hydrogen) atoms. The molecule has 0 aromatic carbocycles. The number of aromatic nitrogens is 8. The molecule has 5 rings (SSSR count). The summed E-state index contributed by atoms with van der Waals surface area (Å²) in [5.74, 6) is -0.737. The van der Waals surface area contributed by atoms with E-state index in [2.05, 4.69) is 25.4 Å². The number of rotatable bonds is 6. The number of pyridine rings is 2. The van der Waals surface area contributed by atoms with Crippen molar-refractivity contribution < 1.29 is 22.7 Å². The van der Waals surface area contributed by atoms with Gasteiger partial charge in [-0.1, -0.05) is 5.21 Å². The van der Waals surface area contributed by atoms with Crippen molar-refractivity contribution >= 4 is 22.1 Å². The van der Waals surface area contributed by atoms with Crippen LogP contribution < -0.4 is 0 Å². The average molecular weight is 531 g/mol. The first kappa shape index (κ1) is 25.8.